The second kappa shape index (κ2) is 10.3. The van der Waals surface area contributed by atoms with Gasteiger partial charge in [0.25, 0.3) is 11.8 Å². The number of carbonyl (C=O) groups is 3. The highest BCUT2D eigenvalue weighted by atomic mass is 35.5. The number of hydrogen-bond donors (Lipinski definition) is 3. The second-order valence-electron chi connectivity index (χ2n) is 8.29. The summed E-state index contributed by atoms with van der Waals surface area (Å²) in [6, 6.07) is 11.5. The number of aryl methyl sites for hydroxylation is 1. The molecule has 1 unspecified atom stereocenters. The van der Waals surface area contributed by atoms with Crippen molar-refractivity contribution in [3.8, 4) is 5.75 Å². The van der Waals surface area contributed by atoms with E-state index in [4.69, 9.17) is 16.3 Å². The number of carbonyl (C=O) groups excluding carboxylic acids is 3. The van der Waals surface area contributed by atoms with Gasteiger partial charge in [0.15, 0.2) is 0 Å². The highest BCUT2D eigenvalue weighted by molar-refractivity contribution is 6.31. The van der Waals surface area contributed by atoms with E-state index < -0.39 is 23.3 Å². The Hall–Kier alpha value is -3.06. The molecule has 1 atom stereocenters. The third kappa shape index (κ3) is 7.29. The van der Waals surface area contributed by atoms with Crippen LogP contribution in [0.3, 0.4) is 0 Å². The van der Waals surface area contributed by atoms with Crippen LogP contribution >= 0.6 is 11.6 Å². The van der Waals surface area contributed by atoms with Gasteiger partial charge in [-0.25, -0.2) is 0 Å². The van der Waals surface area contributed by atoms with E-state index in [1.807, 2.05) is 13.0 Å². The minimum atomic E-state index is -0.789. The van der Waals surface area contributed by atoms with Gasteiger partial charge in [-0.1, -0.05) is 44.5 Å². The average Bonchev–Trinajstić information content (AvgIpc) is 2.72. The second-order valence-corrected chi connectivity index (χ2v) is 8.69. The molecular formula is C23H28ClN3O4. The van der Waals surface area contributed by atoms with Crippen molar-refractivity contribution in [1.29, 1.82) is 0 Å². The molecule has 8 heteroatoms. The largest absolute Gasteiger partial charge is 0.489 e. The van der Waals surface area contributed by atoms with Crippen molar-refractivity contribution in [2.24, 2.45) is 5.41 Å². The first-order valence-corrected chi connectivity index (χ1v) is 10.2. The van der Waals surface area contributed by atoms with Crippen LogP contribution in [0.2, 0.25) is 5.02 Å². The third-order valence-electron chi connectivity index (χ3n) is 4.47. The van der Waals surface area contributed by atoms with Crippen molar-refractivity contribution in [3.05, 3.63) is 64.2 Å². The molecule has 2 aromatic rings. The van der Waals surface area contributed by atoms with E-state index in [0.717, 1.165) is 11.1 Å². The van der Waals surface area contributed by atoms with Crippen LogP contribution in [0.4, 0.5) is 0 Å². The summed E-state index contributed by atoms with van der Waals surface area (Å²) in [7, 11) is 0. The van der Waals surface area contributed by atoms with Gasteiger partial charge in [-0.2, -0.15) is 0 Å². The molecule has 2 rings (SSSR count). The van der Waals surface area contributed by atoms with Crippen LogP contribution in [0.25, 0.3) is 0 Å². The lowest BCUT2D eigenvalue weighted by molar-refractivity contribution is -0.133. The van der Waals surface area contributed by atoms with Gasteiger partial charge in [-0.3, -0.25) is 25.2 Å². The Morgan fingerprint density at radius 2 is 1.68 bits per heavy atom. The Labute approximate surface area is 187 Å². The highest BCUT2D eigenvalue weighted by Gasteiger charge is 2.25. The Morgan fingerprint density at radius 1 is 1.03 bits per heavy atom. The summed E-state index contributed by atoms with van der Waals surface area (Å²) >= 11 is 6.01. The average molecular weight is 446 g/mol. The maximum atomic E-state index is 12.3. The zero-order chi connectivity index (χ0) is 23.2. The summed E-state index contributed by atoms with van der Waals surface area (Å²) in [4.78, 5) is 36.3. The Morgan fingerprint density at radius 3 is 2.26 bits per heavy atom. The van der Waals surface area contributed by atoms with Crippen LogP contribution in [0.1, 0.15) is 49.2 Å². The van der Waals surface area contributed by atoms with E-state index in [-0.39, 0.29) is 5.91 Å². The smallest absolute Gasteiger partial charge is 0.269 e. The Bertz CT molecular complexity index is 952. The van der Waals surface area contributed by atoms with E-state index >= 15 is 0 Å². The Balaban J connectivity index is 1.84. The lowest BCUT2D eigenvalue weighted by Crippen LogP contribution is -2.52. The van der Waals surface area contributed by atoms with Crippen LogP contribution in [-0.2, 0) is 16.2 Å². The molecule has 0 saturated carbocycles. The van der Waals surface area contributed by atoms with Crippen molar-refractivity contribution in [1.82, 2.24) is 16.2 Å². The van der Waals surface area contributed by atoms with Gasteiger partial charge in [0, 0.05) is 16.0 Å². The van der Waals surface area contributed by atoms with Crippen LogP contribution in [0.5, 0.6) is 5.75 Å². The van der Waals surface area contributed by atoms with Crippen molar-refractivity contribution < 1.29 is 19.1 Å². The normalized spacial score (nSPS) is 11.9. The maximum Gasteiger partial charge on any atom is 0.269 e. The van der Waals surface area contributed by atoms with Crippen LogP contribution in [0.15, 0.2) is 42.5 Å². The van der Waals surface area contributed by atoms with E-state index in [1.54, 1.807) is 64.1 Å². The predicted molar refractivity (Wildman–Crippen MR) is 120 cm³/mol. The van der Waals surface area contributed by atoms with Crippen LogP contribution in [0, 0.1) is 12.3 Å². The molecule has 0 aliphatic heterocycles. The SMILES string of the molecule is Cc1cc(OCc2ccc(C(=O)NNC(=O)C(C)NC(=O)C(C)(C)C)cc2)ccc1Cl. The number of halogens is 1. The summed E-state index contributed by atoms with van der Waals surface area (Å²) in [5, 5.41) is 3.28. The number of benzene rings is 2. The highest BCUT2D eigenvalue weighted by Crippen LogP contribution is 2.22. The lowest BCUT2D eigenvalue weighted by atomic mass is 9.95. The molecule has 7 nitrogen and oxygen atoms in total. The molecule has 0 aromatic heterocycles. The molecule has 3 N–H and O–H groups in total. The number of nitrogens with one attached hydrogen (secondary N) is 3. The molecule has 0 saturated heterocycles. The molecule has 2 aromatic carbocycles. The van der Waals surface area contributed by atoms with Crippen LogP contribution in [-0.4, -0.2) is 23.8 Å². The van der Waals surface area contributed by atoms with E-state index in [1.165, 1.54) is 0 Å². The lowest BCUT2D eigenvalue weighted by Gasteiger charge is -2.21. The Kier molecular flexibility index (Phi) is 8.05. The molecule has 0 bridgehead atoms. The van der Waals surface area contributed by atoms with Gasteiger partial charge < -0.3 is 10.1 Å². The molecule has 0 fully saturated rings. The standard InChI is InChI=1S/C23H28ClN3O4/c1-14-12-18(10-11-19(14)24)31-13-16-6-8-17(9-7-16)21(29)27-26-20(28)15(2)25-22(30)23(3,4)5/h6-12,15H,13H2,1-5H3,(H,25,30)(H,26,28)(H,27,29). The summed E-state index contributed by atoms with van der Waals surface area (Å²) < 4.78 is 5.74. The third-order valence-corrected chi connectivity index (χ3v) is 4.90. The first kappa shape index (κ1) is 24.2. The molecule has 0 heterocycles. The van der Waals surface area contributed by atoms with Gasteiger partial charge in [0.1, 0.15) is 18.4 Å². The van der Waals surface area contributed by atoms with Gasteiger partial charge in [-0.05, 0) is 55.3 Å². The van der Waals surface area contributed by atoms with E-state index in [2.05, 4.69) is 16.2 Å². The molecule has 3 amide bonds. The van der Waals surface area contributed by atoms with Crippen molar-refractivity contribution >= 4 is 29.3 Å². The summed E-state index contributed by atoms with van der Waals surface area (Å²) in [6.07, 6.45) is 0. The van der Waals surface area contributed by atoms with Crippen molar-refractivity contribution in [2.45, 2.75) is 47.3 Å². The molecule has 0 spiro atoms. The predicted octanol–water partition coefficient (Wildman–Crippen LogP) is 3.54. The van der Waals surface area contributed by atoms with E-state index in [9.17, 15) is 14.4 Å². The molecule has 0 aliphatic carbocycles. The molecule has 166 valence electrons. The van der Waals surface area contributed by atoms with Gasteiger partial charge in [-0.15, -0.1) is 0 Å². The quantitative estimate of drug-likeness (QED) is 0.592. The number of hydrogen-bond acceptors (Lipinski definition) is 4. The molecule has 0 radical (unpaired) electrons. The van der Waals surface area contributed by atoms with Gasteiger partial charge in [0.05, 0.1) is 0 Å². The molecule has 31 heavy (non-hydrogen) atoms. The minimum Gasteiger partial charge on any atom is -0.489 e. The minimum absolute atomic E-state index is 0.256. The fourth-order valence-electron chi connectivity index (χ4n) is 2.40. The summed E-state index contributed by atoms with van der Waals surface area (Å²) in [5.74, 6) is -0.537. The summed E-state index contributed by atoms with van der Waals surface area (Å²) in [5.41, 5.74) is 6.24. The summed E-state index contributed by atoms with van der Waals surface area (Å²) in [6.45, 7) is 9.03. The van der Waals surface area contributed by atoms with Crippen molar-refractivity contribution in [2.75, 3.05) is 0 Å². The zero-order valence-electron chi connectivity index (χ0n) is 18.3. The van der Waals surface area contributed by atoms with E-state index in [0.29, 0.717) is 22.9 Å². The van der Waals surface area contributed by atoms with Crippen LogP contribution < -0.4 is 20.9 Å². The first-order valence-electron chi connectivity index (χ1n) is 9.86. The molecule has 0 aliphatic rings. The monoisotopic (exact) mass is 445 g/mol. The fourth-order valence-corrected chi connectivity index (χ4v) is 2.52. The number of amides is 3. The first-order chi connectivity index (χ1) is 14.5. The number of rotatable bonds is 6. The number of hydrazine groups is 1. The fraction of sp³-hybridized carbons (Fsp3) is 0.348. The number of ether oxygens (including phenoxy) is 1. The molecular weight excluding hydrogens is 418 g/mol. The van der Waals surface area contributed by atoms with Gasteiger partial charge in [0.2, 0.25) is 5.91 Å². The zero-order valence-corrected chi connectivity index (χ0v) is 19.1. The van der Waals surface area contributed by atoms with Gasteiger partial charge >= 0.3 is 0 Å². The van der Waals surface area contributed by atoms with Crippen molar-refractivity contribution in [3.63, 3.8) is 0 Å². The maximum absolute atomic E-state index is 12.3. The topological polar surface area (TPSA) is 96.5 Å².